The number of para-hydroxylation sites is 1. The summed E-state index contributed by atoms with van der Waals surface area (Å²) in [5.74, 6) is 0. The van der Waals surface area contributed by atoms with Crippen LogP contribution in [-0.4, -0.2) is 17.7 Å². The SMILES string of the molecule is CCCC(=N)c1cc(C)nc2cc(N(C)c3ccccc3)ccc12. The predicted molar refractivity (Wildman–Crippen MR) is 103 cm³/mol. The number of aromatic nitrogens is 1. The highest BCUT2D eigenvalue weighted by Gasteiger charge is 2.11. The quantitative estimate of drug-likeness (QED) is 0.633. The van der Waals surface area contributed by atoms with E-state index in [1.54, 1.807) is 0 Å². The lowest BCUT2D eigenvalue weighted by Crippen LogP contribution is -2.09. The lowest BCUT2D eigenvalue weighted by atomic mass is 10.00. The molecule has 3 heteroatoms. The number of nitrogens with one attached hydrogen (secondary N) is 1. The number of pyridine rings is 1. The smallest absolute Gasteiger partial charge is 0.0732 e. The Bertz CT molecular complexity index is 869. The minimum absolute atomic E-state index is 0.692. The summed E-state index contributed by atoms with van der Waals surface area (Å²) in [4.78, 5) is 6.85. The Kier molecular flexibility index (Phi) is 4.61. The fraction of sp³-hybridized carbons (Fsp3) is 0.238. The second kappa shape index (κ2) is 6.83. The van der Waals surface area contributed by atoms with Crippen LogP contribution in [0.25, 0.3) is 10.9 Å². The molecule has 3 aromatic rings. The van der Waals surface area contributed by atoms with Gasteiger partial charge in [-0.25, -0.2) is 0 Å². The molecule has 1 heterocycles. The number of hydrogen-bond acceptors (Lipinski definition) is 3. The van der Waals surface area contributed by atoms with Crippen LogP contribution >= 0.6 is 0 Å². The molecule has 3 rings (SSSR count). The van der Waals surface area contributed by atoms with Gasteiger partial charge in [-0.15, -0.1) is 0 Å². The van der Waals surface area contributed by atoms with Gasteiger partial charge in [-0.3, -0.25) is 4.98 Å². The predicted octanol–water partition coefficient (Wildman–Crippen LogP) is 5.48. The highest BCUT2D eigenvalue weighted by molar-refractivity contribution is 6.09. The topological polar surface area (TPSA) is 40.0 Å². The molecule has 0 amide bonds. The summed E-state index contributed by atoms with van der Waals surface area (Å²) in [6, 6.07) is 18.6. The monoisotopic (exact) mass is 317 g/mol. The van der Waals surface area contributed by atoms with E-state index in [9.17, 15) is 0 Å². The molecule has 0 saturated carbocycles. The number of rotatable bonds is 5. The molecule has 24 heavy (non-hydrogen) atoms. The molecule has 122 valence electrons. The zero-order chi connectivity index (χ0) is 17.1. The van der Waals surface area contributed by atoms with Crippen molar-refractivity contribution in [2.24, 2.45) is 0 Å². The number of benzene rings is 2. The first-order valence-corrected chi connectivity index (χ1v) is 8.38. The van der Waals surface area contributed by atoms with Crippen molar-refractivity contribution >= 4 is 28.0 Å². The number of fused-ring (bicyclic) bond motifs is 1. The standard InChI is InChI=1S/C21H23N3/c1-4-8-20(22)19-13-15(2)23-21-14-17(11-12-18(19)21)24(3)16-9-6-5-7-10-16/h5-7,9-14,22H,4,8H2,1-3H3. The van der Waals surface area contributed by atoms with E-state index in [1.165, 1.54) is 0 Å². The molecule has 0 bridgehead atoms. The Morgan fingerprint density at radius 1 is 1.04 bits per heavy atom. The molecule has 0 aliphatic rings. The first-order valence-electron chi connectivity index (χ1n) is 8.38. The van der Waals surface area contributed by atoms with Gasteiger partial charge in [0.15, 0.2) is 0 Å². The molecule has 0 fully saturated rings. The second-order valence-corrected chi connectivity index (χ2v) is 6.14. The highest BCUT2D eigenvalue weighted by atomic mass is 15.1. The largest absolute Gasteiger partial charge is 0.345 e. The lowest BCUT2D eigenvalue weighted by molar-refractivity contribution is 0.986. The van der Waals surface area contributed by atoms with Crippen LogP contribution in [0.1, 0.15) is 31.0 Å². The fourth-order valence-corrected chi connectivity index (χ4v) is 2.99. The van der Waals surface area contributed by atoms with Crippen molar-refractivity contribution in [1.29, 1.82) is 5.41 Å². The van der Waals surface area contributed by atoms with Crippen molar-refractivity contribution in [2.75, 3.05) is 11.9 Å². The van der Waals surface area contributed by atoms with Crippen molar-refractivity contribution in [2.45, 2.75) is 26.7 Å². The first-order chi connectivity index (χ1) is 11.6. The summed E-state index contributed by atoms with van der Waals surface area (Å²) in [7, 11) is 2.06. The molecule has 3 nitrogen and oxygen atoms in total. The van der Waals surface area contributed by atoms with E-state index in [-0.39, 0.29) is 0 Å². The minimum atomic E-state index is 0.692. The molecule has 0 saturated heterocycles. The van der Waals surface area contributed by atoms with E-state index < -0.39 is 0 Å². The molecule has 1 N–H and O–H groups in total. The van der Waals surface area contributed by atoms with E-state index in [2.05, 4.69) is 49.2 Å². The fourth-order valence-electron chi connectivity index (χ4n) is 2.99. The van der Waals surface area contributed by atoms with Gasteiger partial charge in [0.25, 0.3) is 0 Å². The summed E-state index contributed by atoms with van der Waals surface area (Å²) in [6.45, 7) is 4.10. The Morgan fingerprint density at radius 2 is 1.79 bits per heavy atom. The van der Waals surface area contributed by atoms with E-state index in [0.717, 1.165) is 46.4 Å². The highest BCUT2D eigenvalue weighted by Crippen LogP contribution is 2.28. The van der Waals surface area contributed by atoms with E-state index in [1.807, 2.05) is 31.2 Å². The normalized spacial score (nSPS) is 10.8. The molecule has 1 aromatic heterocycles. The minimum Gasteiger partial charge on any atom is -0.345 e. The van der Waals surface area contributed by atoms with Crippen molar-refractivity contribution in [3.05, 3.63) is 65.9 Å². The number of anilines is 2. The van der Waals surface area contributed by atoms with Crippen LogP contribution in [0.15, 0.2) is 54.6 Å². The third kappa shape index (κ3) is 3.16. The number of hydrogen-bond donors (Lipinski definition) is 1. The number of nitrogens with zero attached hydrogens (tertiary/aromatic N) is 2. The molecular formula is C21H23N3. The third-order valence-electron chi connectivity index (χ3n) is 4.28. The zero-order valence-electron chi connectivity index (χ0n) is 14.5. The van der Waals surface area contributed by atoms with Gasteiger partial charge in [0, 0.05) is 40.8 Å². The van der Waals surface area contributed by atoms with Gasteiger partial charge in [-0.05, 0) is 43.7 Å². The van der Waals surface area contributed by atoms with E-state index >= 15 is 0 Å². The van der Waals surface area contributed by atoms with Crippen LogP contribution in [0.2, 0.25) is 0 Å². The maximum absolute atomic E-state index is 8.34. The summed E-state index contributed by atoms with van der Waals surface area (Å²) < 4.78 is 0. The van der Waals surface area contributed by atoms with Gasteiger partial charge < -0.3 is 10.3 Å². The maximum atomic E-state index is 8.34. The Hall–Kier alpha value is -2.68. The average molecular weight is 317 g/mol. The number of aryl methyl sites for hydroxylation is 1. The van der Waals surface area contributed by atoms with Crippen molar-refractivity contribution in [3.63, 3.8) is 0 Å². The van der Waals surface area contributed by atoms with Crippen LogP contribution in [-0.2, 0) is 0 Å². The van der Waals surface area contributed by atoms with Crippen molar-refractivity contribution < 1.29 is 0 Å². The van der Waals surface area contributed by atoms with Gasteiger partial charge in [0.2, 0.25) is 0 Å². The van der Waals surface area contributed by atoms with Crippen LogP contribution in [0.5, 0.6) is 0 Å². The van der Waals surface area contributed by atoms with Crippen LogP contribution < -0.4 is 4.90 Å². The Balaban J connectivity index is 2.07. The molecule has 0 spiro atoms. The van der Waals surface area contributed by atoms with Crippen molar-refractivity contribution in [3.8, 4) is 0 Å². The lowest BCUT2D eigenvalue weighted by Gasteiger charge is -2.20. The van der Waals surface area contributed by atoms with Crippen molar-refractivity contribution in [1.82, 2.24) is 4.98 Å². The summed E-state index contributed by atoms with van der Waals surface area (Å²) >= 11 is 0. The summed E-state index contributed by atoms with van der Waals surface area (Å²) in [5.41, 5.74) is 5.85. The summed E-state index contributed by atoms with van der Waals surface area (Å²) in [6.07, 6.45) is 1.78. The first kappa shape index (κ1) is 16.2. The van der Waals surface area contributed by atoms with Gasteiger partial charge >= 0.3 is 0 Å². The van der Waals surface area contributed by atoms with E-state index in [4.69, 9.17) is 10.4 Å². The van der Waals surface area contributed by atoms with Gasteiger partial charge in [0.1, 0.15) is 0 Å². The molecule has 2 aromatic carbocycles. The molecule has 0 aliphatic heterocycles. The van der Waals surface area contributed by atoms with E-state index in [0.29, 0.717) is 5.71 Å². The van der Waals surface area contributed by atoms with Gasteiger partial charge in [-0.1, -0.05) is 37.6 Å². The van der Waals surface area contributed by atoms with Crippen LogP contribution in [0, 0.1) is 12.3 Å². The second-order valence-electron chi connectivity index (χ2n) is 6.14. The Morgan fingerprint density at radius 3 is 2.50 bits per heavy atom. The molecule has 0 atom stereocenters. The van der Waals surface area contributed by atoms with Crippen LogP contribution in [0.4, 0.5) is 11.4 Å². The van der Waals surface area contributed by atoms with Gasteiger partial charge in [-0.2, -0.15) is 0 Å². The molecule has 0 unspecified atom stereocenters. The van der Waals surface area contributed by atoms with Gasteiger partial charge in [0.05, 0.1) is 5.52 Å². The zero-order valence-corrected chi connectivity index (χ0v) is 14.5. The Labute approximate surface area is 143 Å². The third-order valence-corrected chi connectivity index (χ3v) is 4.28. The molecule has 0 aliphatic carbocycles. The maximum Gasteiger partial charge on any atom is 0.0732 e. The molecular weight excluding hydrogens is 294 g/mol. The molecule has 0 radical (unpaired) electrons. The average Bonchev–Trinajstić information content (AvgIpc) is 2.60. The van der Waals surface area contributed by atoms with Crippen LogP contribution in [0.3, 0.4) is 0 Å². The summed E-state index contributed by atoms with van der Waals surface area (Å²) in [5, 5.41) is 9.40.